The van der Waals surface area contributed by atoms with Crippen LogP contribution in [0.1, 0.15) is 30.5 Å². The maximum atomic E-state index is 13.3. The second-order valence-corrected chi connectivity index (χ2v) is 8.44. The number of aryl methyl sites for hydroxylation is 1. The lowest BCUT2D eigenvalue weighted by Crippen LogP contribution is -2.38. The van der Waals surface area contributed by atoms with Crippen LogP contribution >= 0.6 is 0 Å². The van der Waals surface area contributed by atoms with Crippen LogP contribution in [0.25, 0.3) is 11.1 Å². The van der Waals surface area contributed by atoms with E-state index in [0.29, 0.717) is 0 Å². The maximum Gasteiger partial charge on any atom is 0.417 e. The van der Waals surface area contributed by atoms with Gasteiger partial charge in [0, 0.05) is 12.4 Å². The molecule has 0 aliphatic heterocycles. The van der Waals surface area contributed by atoms with E-state index in [-0.39, 0.29) is 4.90 Å². The minimum atomic E-state index is -4.57. The summed E-state index contributed by atoms with van der Waals surface area (Å²) in [5.74, 6) is 0. The van der Waals surface area contributed by atoms with Gasteiger partial charge in [0.1, 0.15) is 11.0 Å². The number of nitrogens with zero attached hydrogens (tertiary/aromatic N) is 1. The highest BCUT2D eigenvalue weighted by atomic mass is 32.2. The molecule has 0 aliphatic carbocycles. The third kappa shape index (κ3) is 4.74. The van der Waals surface area contributed by atoms with Crippen molar-refractivity contribution in [2.24, 2.45) is 0 Å². The summed E-state index contributed by atoms with van der Waals surface area (Å²) >= 11 is 0. The number of alkyl halides is 3. The molecule has 0 amide bonds. The molecule has 0 saturated carbocycles. The molecule has 0 spiro atoms. The quantitative estimate of drug-likeness (QED) is 0.584. The van der Waals surface area contributed by atoms with Crippen LogP contribution in [0.4, 0.5) is 13.2 Å². The van der Waals surface area contributed by atoms with Crippen molar-refractivity contribution in [3.05, 3.63) is 83.7 Å². The Labute approximate surface area is 170 Å². The maximum absolute atomic E-state index is 13.3. The fraction of sp³-hybridized carbons (Fsp3) is 0.227. The molecule has 152 valence electrons. The molecule has 0 aliphatic rings. The predicted octanol–water partition coefficient (Wildman–Crippen LogP) is 5.62. The van der Waals surface area contributed by atoms with Crippen LogP contribution < -0.4 is 4.72 Å². The molecule has 0 bridgehead atoms. The summed E-state index contributed by atoms with van der Waals surface area (Å²) in [6, 6.07) is 14.5. The molecule has 1 atom stereocenters. The number of rotatable bonds is 5. The normalized spacial score (nSPS) is 13.3. The molecule has 29 heavy (non-hydrogen) atoms. The monoisotopic (exact) mass is 418 g/mol. The van der Waals surface area contributed by atoms with E-state index >= 15 is 0 Å². The second kappa shape index (κ2) is 8.08. The summed E-state index contributed by atoms with van der Waals surface area (Å²) in [5, 5.41) is 0. The lowest BCUT2D eigenvalue weighted by Gasteiger charge is -2.27. The van der Waals surface area contributed by atoms with E-state index < -0.39 is 28.3 Å². The van der Waals surface area contributed by atoms with Gasteiger partial charge < -0.3 is 0 Å². The van der Waals surface area contributed by atoms with Crippen LogP contribution in [-0.4, -0.2) is 9.19 Å². The molecule has 2 aromatic carbocycles. The Bertz CT molecular complexity index is 1050. The minimum absolute atomic E-state index is 0.283. The molecule has 0 radical (unpaired) electrons. The zero-order chi connectivity index (χ0) is 21.2. The molecule has 7 heteroatoms. The first kappa shape index (κ1) is 21.2. The second-order valence-electron chi connectivity index (χ2n) is 7.26. The molecule has 0 fully saturated rings. The Morgan fingerprint density at radius 3 is 2.41 bits per heavy atom. The molecule has 0 saturated heterocycles. The number of aromatic nitrogens is 1. The molecule has 3 nitrogen and oxygen atoms in total. The highest BCUT2D eigenvalue weighted by Crippen LogP contribution is 2.34. The van der Waals surface area contributed by atoms with Crippen molar-refractivity contribution in [1.29, 1.82) is 0 Å². The van der Waals surface area contributed by atoms with Gasteiger partial charge >= 0.3 is 6.18 Å². The summed E-state index contributed by atoms with van der Waals surface area (Å²) < 4.78 is 55.5. The average Bonchev–Trinajstić information content (AvgIpc) is 2.67. The van der Waals surface area contributed by atoms with Gasteiger partial charge in [-0.1, -0.05) is 30.3 Å². The van der Waals surface area contributed by atoms with Gasteiger partial charge in [-0.3, -0.25) is 4.98 Å². The van der Waals surface area contributed by atoms with E-state index in [1.54, 1.807) is 26.2 Å². The van der Waals surface area contributed by atoms with E-state index in [4.69, 9.17) is 0 Å². The number of pyridine rings is 1. The molecule has 1 aromatic heterocycles. The third-order valence-corrected chi connectivity index (χ3v) is 6.11. The smallest absolute Gasteiger partial charge is 0.264 e. The molecule has 3 aromatic rings. The molecule has 1 N–H and O–H groups in total. The van der Waals surface area contributed by atoms with Crippen molar-refractivity contribution >= 4 is 11.0 Å². The van der Waals surface area contributed by atoms with Crippen molar-refractivity contribution < 1.29 is 17.4 Å². The van der Waals surface area contributed by atoms with Gasteiger partial charge in [-0.25, -0.2) is 8.93 Å². The van der Waals surface area contributed by atoms with Gasteiger partial charge in [-0.2, -0.15) is 13.2 Å². The van der Waals surface area contributed by atoms with E-state index in [2.05, 4.69) is 9.71 Å². The molecule has 1 unspecified atom stereocenters. The van der Waals surface area contributed by atoms with Gasteiger partial charge in [0.25, 0.3) is 0 Å². The molecular formula is C22H21F3N2OS. The van der Waals surface area contributed by atoms with Crippen LogP contribution in [0.5, 0.6) is 0 Å². The molecular weight excluding hydrogens is 397 g/mol. The van der Waals surface area contributed by atoms with Crippen LogP contribution in [-0.2, 0) is 22.7 Å². The van der Waals surface area contributed by atoms with Crippen LogP contribution in [0.2, 0.25) is 0 Å². The third-order valence-electron chi connectivity index (χ3n) is 4.66. The van der Waals surface area contributed by atoms with Crippen molar-refractivity contribution in [3.63, 3.8) is 0 Å². The summed E-state index contributed by atoms with van der Waals surface area (Å²) in [7, 11) is -2.05. The van der Waals surface area contributed by atoms with Gasteiger partial charge in [-0.15, -0.1) is 0 Å². The average molecular weight is 418 g/mol. The Balaban J connectivity index is 1.92. The SMILES string of the molecule is Cc1cnccc1-c1cccc(C(C)(C)NS(=O)c2ccccc2C(F)(F)F)c1. The number of nitrogens with one attached hydrogen (secondary N) is 1. The fourth-order valence-corrected chi connectivity index (χ4v) is 4.36. The van der Waals surface area contributed by atoms with Gasteiger partial charge in [0.2, 0.25) is 0 Å². The van der Waals surface area contributed by atoms with E-state index in [1.165, 1.54) is 18.2 Å². The summed E-state index contributed by atoms with van der Waals surface area (Å²) in [4.78, 5) is 3.81. The standard InChI is InChI=1S/C22H21F3N2OS/c1-15-14-26-12-11-18(15)16-7-6-8-17(13-16)21(2,3)27-29(28)20-10-5-4-9-19(20)22(23,24)25/h4-14,27H,1-3H3. The van der Waals surface area contributed by atoms with Crippen LogP contribution in [0, 0.1) is 6.92 Å². The Morgan fingerprint density at radius 2 is 1.72 bits per heavy atom. The summed E-state index contributed by atoms with van der Waals surface area (Å²) in [6.45, 7) is 5.54. The first-order chi connectivity index (χ1) is 13.6. The van der Waals surface area contributed by atoms with Gasteiger partial charge in [-0.05, 0) is 67.3 Å². The topological polar surface area (TPSA) is 42.0 Å². The van der Waals surface area contributed by atoms with Gasteiger partial charge in [0.05, 0.1) is 16.0 Å². The van der Waals surface area contributed by atoms with Crippen LogP contribution in [0.3, 0.4) is 0 Å². The summed E-state index contributed by atoms with van der Waals surface area (Å²) in [5.41, 5.74) is 2.06. The van der Waals surface area contributed by atoms with Gasteiger partial charge in [0.15, 0.2) is 0 Å². The molecule has 3 rings (SSSR count). The largest absolute Gasteiger partial charge is 0.417 e. The highest BCUT2D eigenvalue weighted by molar-refractivity contribution is 7.83. The number of halogens is 3. The predicted molar refractivity (Wildman–Crippen MR) is 108 cm³/mol. The van der Waals surface area contributed by atoms with Crippen LogP contribution in [0.15, 0.2) is 71.9 Å². The minimum Gasteiger partial charge on any atom is -0.264 e. The Morgan fingerprint density at radius 1 is 1.00 bits per heavy atom. The van der Waals surface area contributed by atoms with E-state index in [1.807, 2.05) is 37.3 Å². The number of hydrogen-bond donors (Lipinski definition) is 1. The first-order valence-corrected chi connectivity index (χ1v) is 10.1. The Kier molecular flexibility index (Phi) is 5.91. The lowest BCUT2D eigenvalue weighted by atomic mass is 9.92. The van der Waals surface area contributed by atoms with E-state index in [9.17, 15) is 17.4 Å². The van der Waals surface area contributed by atoms with Crippen molar-refractivity contribution in [2.75, 3.05) is 0 Å². The summed E-state index contributed by atoms with van der Waals surface area (Å²) in [6.07, 6.45) is -1.09. The first-order valence-electron chi connectivity index (χ1n) is 8.97. The van der Waals surface area contributed by atoms with E-state index in [0.717, 1.165) is 28.3 Å². The zero-order valence-electron chi connectivity index (χ0n) is 16.2. The Hall–Kier alpha value is -2.51. The number of hydrogen-bond acceptors (Lipinski definition) is 2. The van der Waals surface area contributed by atoms with Crippen molar-refractivity contribution in [3.8, 4) is 11.1 Å². The molecule has 1 heterocycles. The highest BCUT2D eigenvalue weighted by Gasteiger charge is 2.35. The zero-order valence-corrected chi connectivity index (χ0v) is 17.1. The lowest BCUT2D eigenvalue weighted by molar-refractivity contribution is -0.139. The van der Waals surface area contributed by atoms with Crippen molar-refractivity contribution in [2.45, 2.75) is 37.4 Å². The number of benzene rings is 2. The fourth-order valence-electron chi connectivity index (χ4n) is 3.08. The van der Waals surface area contributed by atoms with Crippen molar-refractivity contribution in [1.82, 2.24) is 9.71 Å².